The molecule has 112 valence electrons. The minimum atomic E-state index is -0.798. The third-order valence-electron chi connectivity index (χ3n) is 4.08. The van der Waals surface area contributed by atoms with Crippen LogP contribution in [0.1, 0.15) is 25.5 Å². The van der Waals surface area contributed by atoms with Crippen LogP contribution in [-0.2, 0) is 11.3 Å². The number of carbonyl (C=O) groups is 1. The molecule has 1 aliphatic heterocycles. The number of nitrogens with zero attached hydrogens (tertiary/aromatic N) is 3. The zero-order valence-corrected chi connectivity index (χ0v) is 13.2. The van der Waals surface area contributed by atoms with Crippen molar-refractivity contribution in [3.05, 3.63) is 11.9 Å². The maximum absolute atomic E-state index is 10.7. The first-order valence-corrected chi connectivity index (χ1v) is 7.93. The van der Waals surface area contributed by atoms with Crippen molar-refractivity contribution in [3.8, 4) is 0 Å². The van der Waals surface area contributed by atoms with Crippen LogP contribution < -0.4 is 0 Å². The summed E-state index contributed by atoms with van der Waals surface area (Å²) in [6.07, 6.45) is 4.18. The van der Waals surface area contributed by atoms with E-state index in [4.69, 9.17) is 5.11 Å². The largest absolute Gasteiger partial charge is 0.481 e. The van der Waals surface area contributed by atoms with Crippen LogP contribution in [0.4, 0.5) is 0 Å². The standard InChI is InChI=1S/C14H23N3O2S/c1-11-8-15-13(20-9-12(18)19)17(11)10-14(2)4-6-16(3)7-5-14/h8H,4-7,9-10H2,1-3H3,(H,18,19). The summed E-state index contributed by atoms with van der Waals surface area (Å²) in [7, 11) is 2.16. The molecule has 1 N–H and O–H groups in total. The van der Waals surface area contributed by atoms with E-state index in [1.165, 1.54) is 24.6 Å². The quantitative estimate of drug-likeness (QED) is 0.844. The zero-order valence-electron chi connectivity index (χ0n) is 12.4. The molecule has 1 fully saturated rings. The minimum Gasteiger partial charge on any atom is -0.481 e. The van der Waals surface area contributed by atoms with Crippen LogP contribution in [-0.4, -0.2) is 51.4 Å². The maximum atomic E-state index is 10.7. The van der Waals surface area contributed by atoms with E-state index in [-0.39, 0.29) is 11.2 Å². The first kappa shape index (κ1) is 15.4. The fraction of sp³-hybridized carbons (Fsp3) is 0.714. The number of thioether (sulfide) groups is 1. The van der Waals surface area contributed by atoms with Crippen LogP contribution in [0.5, 0.6) is 0 Å². The van der Waals surface area contributed by atoms with Gasteiger partial charge in [0.1, 0.15) is 0 Å². The molecule has 1 aromatic heterocycles. The lowest BCUT2D eigenvalue weighted by Gasteiger charge is -2.38. The number of piperidine rings is 1. The highest BCUT2D eigenvalue weighted by Gasteiger charge is 2.30. The van der Waals surface area contributed by atoms with Gasteiger partial charge in [0.15, 0.2) is 5.16 Å². The van der Waals surface area contributed by atoms with Gasteiger partial charge >= 0.3 is 5.97 Å². The summed E-state index contributed by atoms with van der Waals surface area (Å²) in [5.74, 6) is -0.733. The predicted octanol–water partition coefficient (Wildman–Crippen LogP) is 2.10. The van der Waals surface area contributed by atoms with Gasteiger partial charge in [0, 0.05) is 18.4 Å². The number of carboxylic acid groups (broad SMARTS) is 1. The van der Waals surface area contributed by atoms with Gasteiger partial charge in [0.2, 0.25) is 0 Å². The first-order valence-electron chi connectivity index (χ1n) is 6.95. The van der Waals surface area contributed by atoms with E-state index >= 15 is 0 Å². The average molecular weight is 297 g/mol. The molecular weight excluding hydrogens is 274 g/mol. The molecular formula is C14H23N3O2S. The Kier molecular flexibility index (Phi) is 4.75. The van der Waals surface area contributed by atoms with E-state index in [0.29, 0.717) is 0 Å². The third kappa shape index (κ3) is 3.76. The molecule has 2 heterocycles. The summed E-state index contributed by atoms with van der Waals surface area (Å²) < 4.78 is 2.18. The second-order valence-electron chi connectivity index (χ2n) is 6.06. The van der Waals surface area contributed by atoms with E-state index in [2.05, 4.69) is 28.4 Å². The molecule has 2 rings (SSSR count). The smallest absolute Gasteiger partial charge is 0.313 e. The highest BCUT2D eigenvalue weighted by atomic mass is 32.2. The van der Waals surface area contributed by atoms with Gasteiger partial charge in [-0.1, -0.05) is 18.7 Å². The van der Waals surface area contributed by atoms with Gasteiger partial charge < -0.3 is 14.6 Å². The summed E-state index contributed by atoms with van der Waals surface area (Å²) in [4.78, 5) is 17.4. The molecule has 0 bridgehead atoms. The Labute approximate surface area is 124 Å². The van der Waals surface area contributed by atoms with Crippen molar-refractivity contribution in [1.82, 2.24) is 14.5 Å². The van der Waals surface area contributed by atoms with Crippen LogP contribution in [0.2, 0.25) is 0 Å². The molecule has 1 aromatic rings. The molecule has 0 atom stereocenters. The summed E-state index contributed by atoms with van der Waals surface area (Å²) in [6.45, 7) is 7.54. The number of aromatic nitrogens is 2. The van der Waals surface area contributed by atoms with Crippen molar-refractivity contribution in [2.24, 2.45) is 5.41 Å². The van der Waals surface area contributed by atoms with Crippen LogP contribution in [0.25, 0.3) is 0 Å². The molecule has 0 aromatic carbocycles. The Balaban J connectivity index is 2.08. The van der Waals surface area contributed by atoms with Gasteiger partial charge in [0.05, 0.1) is 5.75 Å². The molecule has 20 heavy (non-hydrogen) atoms. The highest BCUT2D eigenvalue weighted by molar-refractivity contribution is 7.99. The molecule has 5 nitrogen and oxygen atoms in total. The Bertz CT molecular complexity index is 479. The monoisotopic (exact) mass is 297 g/mol. The Morgan fingerprint density at radius 1 is 1.50 bits per heavy atom. The maximum Gasteiger partial charge on any atom is 0.313 e. The third-order valence-corrected chi connectivity index (χ3v) is 5.05. The van der Waals surface area contributed by atoms with E-state index < -0.39 is 5.97 Å². The first-order chi connectivity index (χ1) is 9.39. The van der Waals surface area contributed by atoms with Crippen LogP contribution in [0.3, 0.4) is 0 Å². The molecule has 0 saturated carbocycles. The van der Waals surface area contributed by atoms with Gasteiger partial charge in [-0.3, -0.25) is 4.79 Å². The van der Waals surface area contributed by atoms with Gasteiger partial charge in [-0.2, -0.15) is 0 Å². The van der Waals surface area contributed by atoms with Crippen molar-refractivity contribution < 1.29 is 9.90 Å². The molecule has 0 unspecified atom stereocenters. The average Bonchev–Trinajstić information content (AvgIpc) is 2.72. The van der Waals surface area contributed by atoms with E-state index in [0.717, 1.165) is 30.5 Å². The van der Waals surface area contributed by atoms with E-state index in [9.17, 15) is 4.79 Å². The van der Waals surface area contributed by atoms with Gasteiger partial charge in [-0.05, 0) is 45.3 Å². The van der Waals surface area contributed by atoms with Crippen molar-refractivity contribution in [1.29, 1.82) is 0 Å². The summed E-state index contributed by atoms with van der Waals surface area (Å²) >= 11 is 1.31. The van der Waals surface area contributed by atoms with Crippen molar-refractivity contribution in [2.45, 2.75) is 38.4 Å². The molecule has 0 radical (unpaired) electrons. The van der Waals surface area contributed by atoms with Gasteiger partial charge in [-0.15, -0.1) is 0 Å². The van der Waals surface area contributed by atoms with Crippen LogP contribution in [0, 0.1) is 12.3 Å². The number of carboxylic acids is 1. The second kappa shape index (κ2) is 6.18. The van der Waals surface area contributed by atoms with Gasteiger partial charge in [-0.25, -0.2) is 4.98 Å². The number of rotatable bonds is 5. The number of hydrogen-bond donors (Lipinski definition) is 1. The number of hydrogen-bond acceptors (Lipinski definition) is 4. The Morgan fingerprint density at radius 2 is 2.15 bits per heavy atom. The minimum absolute atomic E-state index is 0.0654. The zero-order chi connectivity index (χ0) is 14.8. The molecule has 6 heteroatoms. The van der Waals surface area contributed by atoms with E-state index in [1.54, 1.807) is 0 Å². The normalized spacial score (nSPS) is 19.1. The lowest BCUT2D eigenvalue weighted by atomic mass is 9.80. The summed E-state index contributed by atoms with van der Waals surface area (Å²) in [5.41, 5.74) is 1.38. The van der Waals surface area contributed by atoms with E-state index in [1.807, 2.05) is 13.1 Å². The summed E-state index contributed by atoms with van der Waals surface area (Å²) in [6, 6.07) is 0. The lowest BCUT2D eigenvalue weighted by Crippen LogP contribution is -2.38. The van der Waals surface area contributed by atoms with Crippen LogP contribution in [0.15, 0.2) is 11.4 Å². The van der Waals surface area contributed by atoms with Crippen molar-refractivity contribution in [3.63, 3.8) is 0 Å². The predicted molar refractivity (Wildman–Crippen MR) is 80.2 cm³/mol. The van der Waals surface area contributed by atoms with Crippen molar-refractivity contribution in [2.75, 3.05) is 25.9 Å². The SMILES string of the molecule is Cc1cnc(SCC(=O)O)n1CC1(C)CCN(C)CC1. The topological polar surface area (TPSA) is 58.4 Å². The Morgan fingerprint density at radius 3 is 2.75 bits per heavy atom. The van der Waals surface area contributed by atoms with Gasteiger partial charge in [0.25, 0.3) is 0 Å². The number of aryl methyl sites for hydroxylation is 1. The van der Waals surface area contributed by atoms with Crippen LogP contribution >= 0.6 is 11.8 Å². The fourth-order valence-electron chi connectivity index (χ4n) is 2.57. The second-order valence-corrected chi connectivity index (χ2v) is 7.01. The number of imidazole rings is 1. The number of likely N-dealkylation sites (tertiary alicyclic amines) is 1. The Hall–Kier alpha value is -1.01. The fourth-order valence-corrected chi connectivity index (χ4v) is 3.32. The molecule has 1 aliphatic rings. The molecule has 1 saturated heterocycles. The summed E-state index contributed by atoms with van der Waals surface area (Å²) in [5, 5.41) is 9.63. The number of aliphatic carboxylic acids is 1. The van der Waals surface area contributed by atoms with Crippen molar-refractivity contribution >= 4 is 17.7 Å². The molecule has 0 spiro atoms. The lowest BCUT2D eigenvalue weighted by molar-refractivity contribution is -0.133. The highest BCUT2D eigenvalue weighted by Crippen LogP contribution is 2.34. The molecule has 0 amide bonds. The molecule has 0 aliphatic carbocycles.